The molecule has 1 N–H and O–H groups in total. The summed E-state index contributed by atoms with van der Waals surface area (Å²) in [5, 5.41) is 3.23. The van der Waals surface area contributed by atoms with Crippen molar-refractivity contribution in [3.63, 3.8) is 0 Å². The normalized spacial score (nSPS) is 24.5. The van der Waals surface area contributed by atoms with E-state index in [-0.39, 0.29) is 18.3 Å². The van der Waals surface area contributed by atoms with Crippen LogP contribution in [0.15, 0.2) is 0 Å². The summed E-state index contributed by atoms with van der Waals surface area (Å²) in [4.78, 5) is 16.4. The summed E-state index contributed by atoms with van der Waals surface area (Å²) in [6, 6.07) is 0. The van der Waals surface area contributed by atoms with E-state index in [1.54, 1.807) is 0 Å². The molecule has 0 bridgehead atoms. The average Bonchev–Trinajstić information content (AvgIpc) is 2.15. The summed E-state index contributed by atoms with van der Waals surface area (Å²) in [6.07, 6.45) is 0. The highest BCUT2D eigenvalue weighted by Gasteiger charge is 2.32. The fraction of sp³-hybridized carbons (Fsp3) is 0.909. The monoisotopic (exact) mass is 247 g/mol. The number of nitrogens with zero attached hydrogens (tertiary/aromatic N) is 2. The Hall–Kier alpha value is -0.320. The molecule has 0 aromatic heterocycles. The van der Waals surface area contributed by atoms with Crippen LogP contribution >= 0.6 is 12.4 Å². The lowest BCUT2D eigenvalue weighted by Gasteiger charge is -2.38. The zero-order valence-electron chi connectivity index (χ0n) is 10.1. The summed E-state index contributed by atoms with van der Waals surface area (Å²) in [6.45, 7) is 7.94. The molecule has 1 atom stereocenters. The third-order valence-electron chi connectivity index (χ3n) is 3.72. The fourth-order valence-corrected chi connectivity index (χ4v) is 2.18. The van der Waals surface area contributed by atoms with Crippen LogP contribution in [0.1, 0.15) is 6.92 Å². The summed E-state index contributed by atoms with van der Waals surface area (Å²) in [7, 11) is 2.11. The van der Waals surface area contributed by atoms with E-state index in [0.29, 0.717) is 11.8 Å². The van der Waals surface area contributed by atoms with Gasteiger partial charge in [-0.2, -0.15) is 0 Å². The van der Waals surface area contributed by atoms with Crippen LogP contribution in [0.3, 0.4) is 0 Å². The van der Waals surface area contributed by atoms with Crippen LogP contribution in [-0.2, 0) is 4.79 Å². The van der Waals surface area contributed by atoms with E-state index in [1.165, 1.54) is 0 Å². The van der Waals surface area contributed by atoms with Crippen molar-refractivity contribution in [1.29, 1.82) is 0 Å². The van der Waals surface area contributed by atoms with Gasteiger partial charge in [0.05, 0.1) is 0 Å². The molecule has 4 nitrogen and oxygen atoms in total. The van der Waals surface area contributed by atoms with Crippen molar-refractivity contribution in [2.75, 3.05) is 46.3 Å². The van der Waals surface area contributed by atoms with E-state index in [9.17, 15) is 4.79 Å². The van der Waals surface area contributed by atoms with Crippen LogP contribution in [0.5, 0.6) is 0 Å². The minimum Gasteiger partial charge on any atom is -0.340 e. The van der Waals surface area contributed by atoms with Crippen molar-refractivity contribution in [2.24, 2.45) is 11.8 Å². The fourth-order valence-electron chi connectivity index (χ4n) is 2.18. The minimum absolute atomic E-state index is 0. The van der Waals surface area contributed by atoms with Gasteiger partial charge in [0, 0.05) is 32.1 Å². The smallest absolute Gasteiger partial charge is 0.225 e. The Morgan fingerprint density at radius 1 is 1.25 bits per heavy atom. The van der Waals surface area contributed by atoms with Gasteiger partial charge in [-0.1, -0.05) is 6.92 Å². The Morgan fingerprint density at radius 2 is 1.81 bits per heavy atom. The SMILES string of the molecule is CC(C(=O)N1CCN(C)CC1)C1CNC1.Cl. The van der Waals surface area contributed by atoms with Gasteiger partial charge in [-0.05, 0) is 26.1 Å². The highest BCUT2D eigenvalue weighted by Crippen LogP contribution is 2.19. The number of hydrogen-bond acceptors (Lipinski definition) is 3. The Morgan fingerprint density at radius 3 is 2.25 bits per heavy atom. The van der Waals surface area contributed by atoms with Crippen molar-refractivity contribution in [2.45, 2.75) is 6.92 Å². The number of rotatable bonds is 2. The molecule has 0 aliphatic carbocycles. The van der Waals surface area contributed by atoms with Crippen LogP contribution in [-0.4, -0.2) is 62.0 Å². The maximum Gasteiger partial charge on any atom is 0.225 e. The van der Waals surface area contributed by atoms with Crippen LogP contribution in [0.4, 0.5) is 0 Å². The van der Waals surface area contributed by atoms with Crippen molar-refractivity contribution >= 4 is 18.3 Å². The lowest BCUT2D eigenvalue weighted by molar-refractivity contribution is -0.139. The molecule has 1 unspecified atom stereocenters. The second-order valence-corrected chi connectivity index (χ2v) is 4.84. The van der Waals surface area contributed by atoms with E-state index < -0.39 is 0 Å². The highest BCUT2D eigenvalue weighted by atomic mass is 35.5. The number of carbonyl (C=O) groups excluding carboxylic acids is 1. The van der Waals surface area contributed by atoms with Crippen LogP contribution in [0.25, 0.3) is 0 Å². The van der Waals surface area contributed by atoms with Gasteiger partial charge in [0.2, 0.25) is 5.91 Å². The molecule has 0 aromatic carbocycles. The molecular weight excluding hydrogens is 226 g/mol. The number of likely N-dealkylation sites (N-methyl/N-ethyl adjacent to an activating group) is 1. The van der Waals surface area contributed by atoms with E-state index >= 15 is 0 Å². The van der Waals surface area contributed by atoms with Gasteiger partial charge in [0.1, 0.15) is 0 Å². The number of halogens is 1. The molecule has 1 amide bonds. The number of hydrogen-bond donors (Lipinski definition) is 1. The van der Waals surface area contributed by atoms with Crippen LogP contribution < -0.4 is 5.32 Å². The van der Waals surface area contributed by atoms with Crippen molar-refractivity contribution in [3.05, 3.63) is 0 Å². The van der Waals surface area contributed by atoms with Gasteiger partial charge in [-0.15, -0.1) is 12.4 Å². The highest BCUT2D eigenvalue weighted by molar-refractivity contribution is 5.85. The molecule has 2 rings (SSSR count). The standard InChI is InChI=1S/C11H21N3O.ClH/c1-9(10-7-12-8-10)11(15)14-5-3-13(2)4-6-14;/h9-10,12H,3-8H2,1-2H3;1H. The Bertz CT molecular complexity index is 237. The molecule has 94 valence electrons. The number of nitrogens with one attached hydrogen (secondary N) is 1. The first-order chi connectivity index (χ1) is 7.18. The molecule has 2 aliphatic heterocycles. The predicted octanol–water partition coefficient (Wildman–Crippen LogP) is 0.0377. The second-order valence-electron chi connectivity index (χ2n) is 4.84. The number of amides is 1. The largest absolute Gasteiger partial charge is 0.340 e. The van der Waals surface area contributed by atoms with Gasteiger partial charge >= 0.3 is 0 Å². The lowest BCUT2D eigenvalue weighted by atomic mass is 9.88. The Balaban J connectivity index is 0.00000128. The van der Waals surface area contributed by atoms with Gasteiger partial charge in [0.25, 0.3) is 0 Å². The number of carbonyl (C=O) groups is 1. The summed E-state index contributed by atoms with van der Waals surface area (Å²) >= 11 is 0. The van der Waals surface area contributed by atoms with E-state index in [4.69, 9.17) is 0 Å². The zero-order chi connectivity index (χ0) is 10.8. The Labute approximate surface area is 104 Å². The molecule has 2 saturated heterocycles. The van der Waals surface area contributed by atoms with Gasteiger partial charge in [-0.25, -0.2) is 0 Å². The maximum absolute atomic E-state index is 12.1. The Kier molecular flexibility index (Phi) is 5.02. The maximum atomic E-state index is 12.1. The summed E-state index contributed by atoms with van der Waals surface area (Å²) < 4.78 is 0. The zero-order valence-corrected chi connectivity index (χ0v) is 10.9. The van der Waals surface area contributed by atoms with Crippen LogP contribution in [0.2, 0.25) is 0 Å². The molecule has 16 heavy (non-hydrogen) atoms. The molecule has 0 aromatic rings. The number of piperazine rings is 1. The predicted molar refractivity (Wildman–Crippen MR) is 66.8 cm³/mol. The van der Waals surface area contributed by atoms with Gasteiger partial charge in [-0.3, -0.25) is 4.79 Å². The van der Waals surface area contributed by atoms with E-state index in [2.05, 4.69) is 24.2 Å². The van der Waals surface area contributed by atoms with E-state index in [1.807, 2.05) is 4.90 Å². The first-order valence-corrected chi connectivity index (χ1v) is 5.86. The molecule has 5 heteroatoms. The lowest BCUT2D eigenvalue weighted by Crippen LogP contribution is -2.54. The van der Waals surface area contributed by atoms with Gasteiger partial charge < -0.3 is 15.1 Å². The molecule has 2 fully saturated rings. The molecular formula is C11H22ClN3O. The first-order valence-electron chi connectivity index (χ1n) is 5.86. The molecule has 2 heterocycles. The molecule has 0 spiro atoms. The van der Waals surface area contributed by atoms with Crippen LogP contribution in [0, 0.1) is 11.8 Å². The van der Waals surface area contributed by atoms with Crippen molar-refractivity contribution < 1.29 is 4.79 Å². The molecule has 2 aliphatic rings. The third-order valence-corrected chi connectivity index (χ3v) is 3.72. The summed E-state index contributed by atoms with van der Waals surface area (Å²) in [5.41, 5.74) is 0. The van der Waals surface area contributed by atoms with Crippen molar-refractivity contribution in [3.8, 4) is 0 Å². The van der Waals surface area contributed by atoms with Gasteiger partial charge in [0.15, 0.2) is 0 Å². The van der Waals surface area contributed by atoms with Crippen molar-refractivity contribution in [1.82, 2.24) is 15.1 Å². The first kappa shape index (κ1) is 13.7. The topological polar surface area (TPSA) is 35.6 Å². The average molecular weight is 248 g/mol. The second kappa shape index (κ2) is 5.84. The summed E-state index contributed by atoms with van der Waals surface area (Å²) in [5.74, 6) is 1.13. The van der Waals surface area contributed by atoms with E-state index in [0.717, 1.165) is 39.3 Å². The third kappa shape index (κ3) is 2.87. The molecule has 0 saturated carbocycles. The minimum atomic E-state index is 0. The quantitative estimate of drug-likeness (QED) is 0.749. The molecule has 0 radical (unpaired) electrons.